The van der Waals surface area contributed by atoms with Gasteiger partial charge < -0.3 is 9.32 Å². The lowest BCUT2D eigenvalue weighted by molar-refractivity contribution is 0.670. The molecule has 1 heterocycles. The zero-order valence-electron chi connectivity index (χ0n) is 30.6. The monoisotopic (exact) mass is 713 g/mol. The molecule has 11 aromatic rings. The molecule has 0 aliphatic carbocycles. The summed E-state index contributed by atoms with van der Waals surface area (Å²) in [7, 11) is 0. The predicted molar refractivity (Wildman–Crippen MR) is 237 cm³/mol. The molecule has 0 unspecified atom stereocenters. The minimum Gasteiger partial charge on any atom is -0.455 e. The molecule has 262 valence electrons. The molecule has 1 aromatic heterocycles. The van der Waals surface area contributed by atoms with Gasteiger partial charge in [-0.1, -0.05) is 158 Å². The van der Waals surface area contributed by atoms with Crippen LogP contribution in [0.15, 0.2) is 217 Å². The first kappa shape index (κ1) is 32.0. The molecule has 0 bridgehead atoms. The van der Waals surface area contributed by atoms with E-state index in [2.05, 4.69) is 205 Å². The first-order valence-corrected chi connectivity index (χ1v) is 19.2. The molecule has 11 rings (SSSR count). The highest BCUT2D eigenvalue weighted by Gasteiger charge is 2.16. The molecule has 0 atom stereocenters. The summed E-state index contributed by atoms with van der Waals surface area (Å²) in [4.78, 5) is 2.35. The summed E-state index contributed by atoms with van der Waals surface area (Å²) in [5, 5.41) is 9.78. The van der Waals surface area contributed by atoms with Gasteiger partial charge in [-0.05, 0) is 115 Å². The van der Waals surface area contributed by atoms with Crippen LogP contribution in [0, 0.1) is 0 Å². The molecule has 2 heteroatoms. The topological polar surface area (TPSA) is 16.4 Å². The van der Waals surface area contributed by atoms with Gasteiger partial charge in [-0.3, -0.25) is 0 Å². The Morgan fingerprint density at radius 2 is 0.821 bits per heavy atom. The van der Waals surface area contributed by atoms with Crippen LogP contribution in [0.5, 0.6) is 0 Å². The van der Waals surface area contributed by atoms with Crippen LogP contribution in [-0.2, 0) is 0 Å². The van der Waals surface area contributed by atoms with Crippen molar-refractivity contribution >= 4 is 71.3 Å². The van der Waals surface area contributed by atoms with Gasteiger partial charge in [0.05, 0.1) is 0 Å². The van der Waals surface area contributed by atoms with Crippen molar-refractivity contribution in [2.75, 3.05) is 4.90 Å². The number of nitrogens with zero attached hydrogens (tertiary/aromatic N) is 1. The van der Waals surface area contributed by atoms with Crippen molar-refractivity contribution in [3.05, 3.63) is 212 Å². The maximum absolute atomic E-state index is 6.40. The van der Waals surface area contributed by atoms with Crippen molar-refractivity contribution in [1.29, 1.82) is 0 Å². The van der Waals surface area contributed by atoms with Crippen molar-refractivity contribution in [1.82, 2.24) is 0 Å². The largest absolute Gasteiger partial charge is 0.455 e. The summed E-state index contributed by atoms with van der Waals surface area (Å²) in [6.07, 6.45) is 0. The Balaban J connectivity index is 0.979. The van der Waals surface area contributed by atoms with Gasteiger partial charge in [0.25, 0.3) is 0 Å². The van der Waals surface area contributed by atoms with E-state index < -0.39 is 0 Å². The average Bonchev–Trinajstić information content (AvgIpc) is 3.66. The molecular formula is C54H35NO. The number of hydrogen-bond acceptors (Lipinski definition) is 2. The fraction of sp³-hybridized carbons (Fsp3) is 0. The smallest absolute Gasteiger partial charge is 0.143 e. The van der Waals surface area contributed by atoms with Gasteiger partial charge in [0, 0.05) is 33.4 Å². The Labute approximate surface area is 325 Å². The Bertz CT molecular complexity index is 3230. The minimum absolute atomic E-state index is 0.908. The van der Waals surface area contributed by atoms with Crippen molar-refractivity contribution in [2.45, 2.75) is 0 Å². The van der Waals surface area contributed by atoms with E-state index in [9.17, 15) is 0 Å². The minimum atomic E-state index is 0.908. The second-order valence-electron chi connectivity index (χ2n) is 14.5. The standard InChI is InChI=1S/C54H35NO/c1-2-9-36(10-3-1)37-21-27-45(28-22-37)55(46-29-23-39(24-30-46)50-14-8-15-52-51-13-6-7-16-53(51)56-54(50)52)47-31-25-41-33-40(18-19-43(41)35-47)42-26-32-49-44(34-42)20-17-38-11-4-5-12-48(38)49/h1-35H. The summed E-state index contributed by atoms with van der Waals surface area (Å²) in [5.74, 6) is 0. The van der Waals surface area contributed by atoms with Crippen molar-refractivity contribution in [3.63, 3.8) is 0 Å². The second kappa shape index (κ2) is 13.2. The molecule has 0 saturated carbocycles. The molecular weight excluding hydrogens is 679 g/mol. The van der Waals surface area contributed by atoms with Gasteiger partial charge in [0.15, 0.2) is 0 Å². The average molecular weight is 714 g/mol. The van der Waals surface area contributed by atoms with Gasteiger partial charge in [0.1, 0.15) is 11.2 Å². The van der Waals surface area contributed by atoms with Crippen LogP contribution in [0.25, 0.3) is 87.6 Å². The molecule has 0 amide bonds. The number of anilines is 3. The van der Waals surface area contributed by atoms with Crippen LogP contribution < -0.4 is 4.90 Å². The van der Waals surface area contributed by atoms with E-state index in [4.69, 9.17) is 4.42 Å². The summed E-state index contributed by atoms with van der Waals surface area (Å²) in [6, 6.07) is 76.5. The lowest BCUT2D eigenvalue weighted by Crippen LogP contribution is -2.09. The maximum Gasteiger partial charge on any atom is 0.143 e. The molecule has 0 fully saturated rings. The lowest BCUT2D eigenvalue weighted by atomic mass is 9.96. The summed E-state index contributed by atoms with van der Waals surface area (Å²) in [5.41, 5.74) is 12.1. The van der Waals surface area contributed by atoms with Crippen LogP contribution in [0.1, 0.15) is 0 Å². The fourth-order valence-electron chi connectivity index (χ4n) is 8.39. The molecule has 56 heavy (non-hydrogen) atoms. The Kier molecular flexibility index (Phi) is 7.53. The molecule has 2 nitrogen and oxygen atoms in total. The molecule has 0 N–H and O–H groups in total. The number of fused-ring (bicyclic) bond motifs is 7. The summed E-state index contributed by atoms with van der Waals surface area (Å²) >= 11 is 0. The maximum atomic E-state index is 6.40. The molecule has 0 spiro atoms. The predicted octanol–water partition coefficient (Wildman–Crippen LogP) is 15.5. The SMILES string of the molecule is c1ccc(-c2ccc(N(c3ccc(-c4cccc5c4oc4ccccc45)cc3)c3ccc4cc(-c5ccc6c(ccc7ccccc76)c5)ccc4c3)cc2)cc1. The highest BCUT2D eigenvalue weighted by molar-refractivity contribution is 6.10. The molecule has 10 aromatic carbocycles. The first-order chi connectivity index (χ1) is 27.7. The highest BCUT2D eigenvalue weighted by Crippen LogP contribution is 2.41. The summed E-state index contributed by atoms with van der Waals surface area (Å²) < 4.78 is 6.40. The normalized spacial score (nSPS) is 11.6. The Morgan fingerprint density at radius 3 is 1.64 bits per heavy atom. The Hall–Kier alpha value is -7.42. The van der Waals surface area contributed by atoms with Crippen molar-refractivity contribution < 1.29 is 4.42 Å². The Morgan fingerprint density at radius 1 is 0.286 bits per heavy atom. The quantitative estimate of drug-likeness (QED) is 0.160. The first-order valence-electron chi connectivity index (χ1n) is 19.2. The third-order valence-corrected chi connectivity index (χ3v) is 11.2. The van der Waals surface area contributed by atoms with Gasteiger partial charge in [-0.15, -0.1) is 0 Å². The summed E-state index contributed by atoms with van der Waals surface area (Å²) in [6.45, 7) is 0. The van der Waals surface area contributed by atoms with E-state index in [-0.39, 0.29) is 0 Å². The van der Waals surface area contributed by atoms with Crippen LogP contribution >= 0.6 is 0 Å². The fourth-order valence-corrected chi connectivity index (χ4v) is 8.39. The highest BCUT2D eigenvalue weighted by atomic mass is 16.3. The van der Waals surface area contributed by atoms with E-state index in [0.717, 1.165) is 50.1 Å². The third-order valence-electron chi connectivity index (χ3n) is 11.2. The van der Waals surface area contributed by atoms with Crippen LogP contribution in [0.3, 0.4) is 0 Å². The van der Waals surface area contributed by atoms with Crippen molar-refractivity contribution in [2.24, 2.45) is 0 Å². The number of furan rings is 1. The van der Waals surface area contributed by atoms with E-state index in [1.165, 1.54) is 54.6 Å². The number of para-hydroxylation sites is 2. The van der Waals surface area contributed by atoms with Crippen LogP contribution in [0.2, 0.25) is 0 Å². The second-order valence-corrected chi connectivity index (χ2v) is 14.5. The van der Waals surface area contributed by atoms with Crippen molar-refractivity contribution in [3.8, 4) is 33.4 Å². The van der Waals surface area contributed by atoms with Gasteiger partial charge in [-0.2, -0.15) is 0 Å². The molecule has 0 radical (unpaired) electrons. The van der Waals surface area contributed by atoms with Gasteiger partial charge in [-0.25, -0.2) is 0 Å². The number of hydrogen-bond donors (Lipinski definition) is 0. The van der Waals surface area contributed by atoms with E-state index in [1.54, 1.807) is 0 Å². The zero-order chi connectivity index (χ0) is 37.0. The molecule has 0 saturated heterocycles. The zero-order valence-corrected chi connectivity index (χ0v) is 30.6. The van der Waals surface area contributed by atoms with Gasteiger partial charge >= 0.3 is 0 Å². The lowest BCUT2D eigenvalue weighted by Gasteiger charge is -2.26. The number of rotatable bonds is 6. The van der Waals surface area contributed by atoms with Crippen LogP contribution in [0.4, 0.5) is 17.1 Å². The number of benzene rings is 10. The van der Waals surface area contributed by atoms with Gasteiger partial charge in [0.2, 0.25) is 0 Å². The molecule has 0 aliphatic rings. The van der Waals surface area contributed by atoms with E-state index in [1.807, 2.05) is 12.1 Å². The molecule has 0 aliphatic heterocycles. The van der Waals surface area contributed by atoms with Crippen LogP contribution in [-0.4, -0.2) is 0 Å². The van der Waals surface area contributed by atoms with E-state index >= 15 is 0 Å². The third kappa shape index (κ3) is 5.51. The van der Waals surface area contributed by atoms with E-state index in [0.29, 0.717) is 0 Å².